The van der Waals surface area contributed by atoms with E-state index >= 15 is 0 Å². The quantitative estimate of drug-likeness (QED) is 0.751. The second-order valence-corrected chi connectivity index (χ2v) is 3.58. The van der Waals surface area contributed by atoms with E-state index < -0.39 is 11.4 Å². The van der Waals surface area contributed by atoms with Crippen LogP contribution in [0.5, 0.6) is 0 Å². The normalized spacial score (nSPS) is 19.6. The highest BCUT2D eigenvalue weighted by Crippen LogP contribution is 2.32. The van der Waals surface area contributed by atoms with Crippen molar-refractivity contribution in [3.8, 4) is 0 Å². The van der Waals surface area contributed by atoms with Crippen LogP contribution < -0.4 is 0 Å². The first-order valence-corrected chi connectivity index (χ1v) is 4.25. The lowest BCUT2D eigenvalue weighted by Crippen LogP contribution is -2.47. The maximum atomic E-state index is 13.2. The van der Waals surface area contributed by atoms with Gasteiger partial charge in [0.1, 0.15) is 11.4 Å². The summed E-state index contributed by atoms with van der Waals surface area (Å²) in [5.41, 5.74) is -0.971. The van der Waals surface area contributed by atoms with E-state index in [0.29, 0.717) is 5.02 Å². The molecule has 1 heterocycles. The van der Waals surface area contributed by atoms with Gasteiger partial charge in [0.2, 0.25) is 0 Å². The molecule has 0 unspecified atom stereocenters. The molecule has 0 aromatic heterocycles. The molecule has 0 saturated carbocycles. The molecule has 0 atom stereocenters. The molecule has 0 amide bonds. The van der Waals surface area contributed by atoms with Crippen molar-refractivity contribution in [3.05, 3.63) is 34.6 Å². The largest absolute Gasteiger partial charge is 0.380 e. The van der Waals surface area contributed by atoms with E-state index in [2.05, 4.69) is 0 Å². The third-order valence-electron chi connectivity index (χ3n) is 2.11. The zero-order chi connectivity index (χ0) is 9.47. The molecule has 0 bridgehead atoms. The average Bonchev–Trinajstić information content (AvgIpc) is 2.05. The fraction of sp³-hybridized carbons (Fsp3) is 0.333. The Morgan fingerprint density at radius 2 is 2.15 bits per heavy atom. The molecule has 0 aliphatic carbocycles. The maximum Gasteiger partial charge on any atom is 0.139 e. The molecule has 4 heteroatoms. The summed E-state index contributed by atoms with van der Waals surface area (Å²) >= 11 is 5.69. The topological polar surface area (TPSA) is 29.5 Å². The monoisotopic (exact) mass is 202 g/mol. The molecule has 2 rings (SSSR count). The molecule has 0 spiro atoms. The smallest absolute Gasteiger partial charge is 0.139 e. The summed E-state index contributed by atoms with van der Waals surface area (Å²) in [4.78, 5) is 0. The molecule has 1 saturated heterocycles. The van der Waals surface area contributed by atoms with Crippen LogP contribution in [0.1, 0.15) is 5.56 Å². The Kier molecular flexibility index (Phi) is 2.02. The Hall–Kier alpha value is -0.640. The molecule has 0 radical (unpaired) electrons. The molecule has 1 aliphatic rings. The highest BCUT2D eigenvalue weighted by molar-refractivity contribution is 6.30. The van der Waals surface area contributed by atoms with Gasteiger partial charge in [-0.3, -0.25) is 0 Å². The molecule has 1 aromatic rings. The van der Waals surface area contributed by atoms with Crippen LogP contribution in [0.4, 0.5) is 4.39 Å². The fourth-order valence-electron chi connectivity index (χ4n) is 1.31. The minimum absolute atomic E-state index is 0.129. The van der Waals surface area contributed by atoms with Gasteiger partial charge in [-0.2, -0.15) is 0 Å². The van der Waals surface area contributed by atoms with Crippen LogP contribution in [0.15, 0.2) is 18.2 Å². The number of hydrogen-bond donors (Lipinski definition) is 1. The van der Waals surface area contributed by atoms with Gasteiger partial charge in [0, 0.05) is 10.6 Å². The highest BCUT2D eigenvalue weighted by atomic mass is 35.5. The van der Waals surface area contributed by atoms with Crippen molar-refractivity contribution in [2.24, 2.45) is 0 Å². The Morgan fingerprint density at radius 3 is 2.69 bits per heavy atom. The first-order valence-electron chi connectivity index (χ1n) is 3.87. The fourth-order valence-corrected chi connectivity index (χ4v) is 1.48. The van der Waals surface area contributed by atoms with Gasteiger partial charge in [-0.15, -0.1) is 0 Å². The van der Waals surface area contributed by atoms with Crippen LogP contribution in [0.25, 0.3) is 0 Å². The van der Waals surface area contributed by atoms with E-state index in [1.54, 1.807) is 0 Å². The highest BCUT2D eigenvalue weighted by Gasteiger charge is 2.40. The van der Waals surface area contributed by atoms with E-state index in [4.69, 9.17) is 16.3 Å². The van der Waals surface area contributed by atoms with Crippen molar-refractivity contribution < 1.29 is 14.2 Å². The lowest BCUT2D eigenvalue weighted by molar-refractivity contribution is -0.186. The summed E-state index contributed by atoms with van der Waals surface area (Å²) in [5.74, 6) is -0.449. The third kappa shape index (κ3) is 1.43. The third-order valence-corrected chi connectivity index (χ3v) is 2.35. The molecular weight excluding hydrogens is 195 g/mol. The van der Waals surface area contributed by atoms with Crippen molar-refractivity contribution >= 4 is 11.6 Å². The van der Waals surface area contributed by atoms with E-state index in [-0.39, 0.29) is 18.8 Å². The lowest BCUT2D eigenvalue weighted by atomic mass is 9.92. The lowest BCUT2D eigenvalue weighted by Gasteiger charge is -2.36. The standard InChI is InChI=1S/C9H8ClFO2/c10-6-1-2-8(11)7(3-6)9(12)4-13-5-9/h1-3,12H,4-5H2. The Labute approximate surface area is 79.9 Å². The van der Waals surface area contributed by atoms with Gasteiger partial charge in [-0.1, -0.05) is 11.6 Å². The Bertz CT molecular complexity index is 336. The zero-order valence-corrected chi connectivity index (χ0v) is 7.51. The molecular formula is C9H8ClFO2. The van der Waals surface area contributed by atoms with Crippen LogP contribution in [0.3, 0.4) is 0 Å². The zero-order valence-electron chi connectivity index (χ0n) is 6.76. The molecule has 1 N–H and O–H groups in total. The SMILES string of the molecule is OC1(c2cc(Cl)ccc2F)COC1. The second kappa shape index (κ2) is 2.94. The number of ether oxygens (including phenoxy) is 1. The van der Waals surface area contributed by atoms with Gasteiger partial charge < -0.3 is 9.84 Å². The van der Waals surface area contributed by atoms with E-state index in [9.17, 15) is 9.50 Å². The van der Waals surface area contributed by atoms with E-state index in [0.717, 1.165) is 0 Å². The van der Waals surface area contributed by atoms with Crippen molar-refractivity contribution in [3.63, 3.8) is 0 Å². The molecule has 1 aliphatic heterocycles. The molecule has 13 heavy (non-hydrogen) atoms. The van der Waals surface area contributed by atoms with Crippen molar-refractivity contribution in [2.45, 2.75) is 5.60 Å². The van der Waals surface area contributed by atoms with E-state index in [1.165, 1.54) is 18.2 Å². The predicted octanol–water partition coefficient (Wildman–Crippen LogP) is 1.70. The van der Waals surface area contributed by atoms with Crippen LogP contribution in [-0.2, 0) is 10.3 Å². The minimum Gasteiger partial charge on any atom is -0.380 e. The first-order chi connectivity index (χ1) is 6.12. The predicted molar refractivity (Wildman–Crippen MR) is 46.1 cm³/mol. The van der Waals surface area contributed by atoms with Crippen LogP contribution in [-0.4, -0.2) is 18.3 Å². The van der Waals surface area contributed by atoms with Crippen molar-refractivity contribution in [1.29, 1.82) is 0 Å². The number of benzene rings is 1. The molecule has 2 nitrogen and oxygen atoms in total. The van der Waals surface area contributed by atoms with Gasteiger partial charge in [0.15, 0.2) is 0 Å². The summed E-state index contributed by atoms with van der Waals surface area (Å²) in [6, 6.07) is 4.12. The van der Waals surface area contributed by atoms with Gasteiger partial charge in [0.25, 0.3) is 0 Å². The first kappa shape index (κ1) is 8.94. The number of hydrogen-bond acceptors (Lipinski definition) is 2. The molecule has 1 fully saturated rings. The van der Waals surface area contributed by atoms with Crippen molar-refractivity contribution in [2.75, 3.05) is 13.2 Å². The van der Waals surface area contributed by atoms with Crippen LogP contribution in [0, 0.1) is 5.82 Å². The van der Waals surface area contributed by atoms with Gasteiger partial charge in [-0.25, -0.2) is 4.39 Å². The Morgan fingerprint density at radius 1 is 1.46 bits per heavy atom. The number of halogens is 2. The van der Waals surface area contributed by atoms with Gasteiger partial charge in [0.05, 0.1) is 13.2 Å². The van der Waals surface area contributed by atoms with Crippen LogP contribution >= 0.6 is 11.6 Å². The average molecular weight is 203 g/mol. The second-order valence-electron chi connectivity index (χ2n) is 3.15. The summed E-state index contributed by atoms with van der Waals surface area (Å²) in [6.07, 6.45) is 0. The Balaban J connectivity index is 2.43. The summed E-state index contributed by atoms with van der Waals surface area (Å²) in [5, 5.41) is 10.2. The van der Waals surface area contributed by atoms with Gasteiger partial charge in [-0.05, 0) is 18.2 Å². The number of rotatable bonds is 1. The maximum absolute atomic E-state index is 13.2. The van der Waals surface area contributed by atoms with Gasteiger partial charge >= 0.3 is 0 Å². The number of aliphatic hydroxyl groups is 1. The van der Waals surface area contributed by atoms with E-state index in [1.807, 2.05) is 0 Å². The molecule has 1 aromatic carbocycles. The summed E-state index contributed by atoms with van der Waals surface area (Å²) < 4.78 is 18.0. The summed E-state index contributed by atoms with van der Waals surface area (Å²) in [7, 11) is 0. The molecule has 70 valence electrons. The van der Waals surface area contributed by atoms with Crippen molar-refractivity contribution in [1.82, 2.24) is 0 Å². The summed E-state index contributed by atoms with van der Waals surface area (Å²) in [6.45, 7) is 0.258. The minimum atomic E-state index is -1.19. The van der Waals surface area contributed by atoms with Crippen LogP contribution in [0.2, 0.25) is 5.02 Å².